The molecule has 0 heterocycles. The van der Waals surface area contributed by atoms with Crippen molar-refractivity contribution in [3.63, 3.8) is 0 Å². The third-order valence-electron chi connectivity index (χ3n) is 2.10. The molecule has 0 radical (unpaired) electrons. The van der Waals surface area contributed by atoms with Crippen molar-refractivity contribution in [3.8, 4) is 0 Å². The predicted molar refractivity (Wildman–Crippen MR) is 68.1 cm³/mol. The van der Waals surface area contributed by atoms with Crippen LogP contribution >= 0.6 is 12.6 Å². The van der Waals surface area contributed by atoms with E-state index >= 15 is 0 Å². The molecule has 0 fully saturated rings. The van der Waals surface area contributed by atoms with Gasteiger partial charge in [0.05, 0.1) is 0 Å². The molecule has 1 unspecified atom stereocenters. The molecule has 86 valence electrons. The second-order valence-electron chi connectivity index (χ2n) is 4.15. The smallest absolute Gasteiger partial charge is 0.0473 e. The van der Waals surface area contributed by atoms with Gasteiger partial charge in [0.25, 0.3) is 0 Å². The van der Waals surface area contributed by atoms with Crippen molar-refractivity contribution in [2.45, 2.75) is 57.9 Å². The highest BCUT2D eigenvalue weighted by Crippen LogP contribution is 1.99. The van der Waals surface area contributed by atoms with Gasteiger partial charge in [-0.3, -0.25) is 0 Å². The third-order valence-corrected chi connectivity index (χ3v) is 2.28. The molecule has 0 spiro atoms. The van der Waals surface area contributed by atoms with Crippen LogP contribution < -0.4 is 10.6 Å². The lowest BCUT2D eigenvalue weighted by atomic mass is 10.2. The van der Waals surface area contributed by atoms with Crippen LogP contribution in [0.1, 0.15) is 46.5 Å². The van der Waals surface area contributed by atoms with E-state index in [-0.39, 0.29) is 0 Å². The summed E-state index contributed by atoms with van der Waals surface area (Å²) in [4.78, 5) is 0. The van der Waals surface area contributed by atoms with Crippen molar-refractivity contribution in [1.29, 1.82) is 0 Å². The first kappa shape index (κ1) is 14.3. The van der Waals surface area contributed by atoms with Gasteiger partial charge in [0.15, 0.2) is 0 Å². The summed E-state index contributed by atoms with van der Waals surface area (Å²) in [6.45, 7) is 8.71. The van der Waals surface area contributed by atoms with Crippen LogP contribution in [-0.2, 0) is 0 Å². The van der Waals surface area contributed by atoms with Crippen LogP contribution in [0.2, 0.25) is 0 Å². The van der Waals surface area contributed by atoms with Gasteiger partial charge in [0.1, 0.15) is 0 Å². The quantitative estimate of drug-likeness (QED) is 0.314. The second kappa shape index (κ2) is 9.81. The van der Waals surface area contributed by atoms with Crippen LogP contribution in [0.3, 0.4) is 0 Å². The highest BCUT2D eigenvalue weighted by molar-refractivity contribution is 7.80. The van der Waals surface area contributed by atoms with E-state index in [0.717, 1.165) is 13.1 Å². The molecule has 0 rings (SSSR count). The van der Waals surface area contributed by atoms with Crippen LogP contribution in [0.5, 0.6) is 0 Å². The van der Waals surface area contributed by atoms with E-state index in [2.05, 4.69) is 44.0 Å². The maximum absolute atomic E-state index is 4.26. The Morgan fingerprint density at radius 2 is 1.36 bits per heavy atom. The van der Waals surface area contributed by atoms with Crippen LogP contribution in [0.15, 0.2) is 0 Å². The van der Waals surface area contributed by atoms with Crippen molar-refractivity contribution in [1.82, 2.24) is 10.6 Å². The molecule has 0 bridgehead atoms. The Bertz CT molecular complexity index is 102. The number of hydrogen-bond donors (Lipinski definition) is 3. The minimum atomic E-state index is 0.331. The van der Waals surface area contributed by atoms with Crippen LogP contribution in [0.4, 0.5) is 0 Å². The van der Waals surface area contributed by atoms with Gasteiger partial charge in [-0.2, -0.15) is 12.6 Å². The molecule has 0 aromatic heterocycles. The molecular formula is C11H26N2S. The molecule has 0 aromatic rings. The molecular weight excluding hydrogens is 192 g/mol. The van der Waals surface area contributed by atoms with E-state index in [1.54, 1.807) is 0 Å². The van der Waals surface area contributed by atoms with Gasteiger partial charge in [0, 0.05) is 11.4 Å². The van der Waals surface area contributed by atoms with Gasteiger partial charge in [-0.1, -0.05) is 26.7 Å². The molecule has 0 aliphatic heterocycles. The topological polar surface area (TPSA) is 24.1 Å². The molecule has 2 nitrogen and oxygen atoms in total. The zero-order valence-electron chi connectivity index (χ0n) is 9.84. The molecule has 3 heteroatoms. The molecule has 2 N–H and O–H groups in total. The molecule has 0 amide bonds. The highest BCUT2D eigenvalue weighted by atomic mass is 32.1. The molecule has 1 atom stereocenters. The van der Waals surface area contributed by atoms with Crippen LogP contribution in [0.25, 0.3) is 0 Å². The minimum Gasteiger partial charge on any atom is -0.315 e. The largest absolute Gasteiger partial charge is 0.315 e. The lowest BCUT2D eigenvalue weighted by Gasteiger charge is -2.08. The van der Waals surface area contributed by atoms with E-state index in [1.807, 2.05) is 0 Å². The Kier molecular flexibility index (Phi) is 10.0. The summed E-state index contributed by atoms with van der Waals surface area (Å²) in [5, 5.41) is 7.06. The van der Waals surface area contributed by atoms with Crippen molar-refractivity contribution < 1.29 is 0 Å². The molecule has 0 aromatic carbocycles. The van der Waals surface area contributed by atoms with Crippen LogP contribution in [-0.4, -0.2) is 24.5 Å². The monoisotopic (exact) mass is 218 g/mol. The minimum absolute atomic E-state index is 0.331. The summed E-state index contributed by atoms with van der Waals surface area (Å²) < 4.78 is 0. The van der Waals surface area contributed by atoms with Crippen LogP contribution in [0, 0.1) is 0 Å². The lowest BCUT2D eigenvalue weighted by molar-refractivity contribution is 0.532. The Labute approximate surface area is 94.6 Å². The van der Waals surface area contributed by atoms with Gasteiger partial charge in [-0.25, -0.2) is 0 Å². The third kappa shape index (κ3) is 12.3. The Balaban J connectivity index is 2.92. The average Bonchev–Trinajstić information content (AvgIpc) is 2.08. The SMILES string of the molecule is CC(C)NCCCCCCNC(C)S. The first-order chi connectivity index (χ1) is 6.63. The van der Waals surface area contributed by atoms with Gasteiger partial charge in [-0.05, 0) is 32.9 Å². The van der Waals surface area contributed by atoms with Gasteiger partial charge in [-0.15, -0.1) is 0 Å². The summed E-state index contributed by atoms with van der Waals surface area (Å²) in [6, 6.07) is 0.627. The van der Waals surface area contributed by atoms with Crippen molar-refractivity contribution in [2.75, 3.05) is 13.1 Å². The number of unbranched alkanes of at least 4 members (excludes halogenated alkanes) is 3. The highest BCUT2D eigenvalue weighted by Gasteiger charge is 1.94. The number of thiol groups is 1. The normalized spacial score (nSPS) is 13.5. The number of rotatable bonds is 9. The van der Waals surface area contributed by atoms with Crippen molar-refractivity contribution >= 4 is 12.6 Å². The Hall–Kier alpha value is 0.270. The predicted octanol–water partition coefficient (Wildman–Crippen LogP) is 2.41. The van der Waals surface area contributed by atoms with Crippen molar-refractivity contribution in [3.05, 3.63) is 0 Å². The Morgan fingerprint density at radius 3 is 1.79 bits per heavy atom. The fourth-order valence-electron chi connectivity index (χ4n) is 1.31. The first-order valence-corrected chi connectivity index (χ1v) is 6.29. The van der Waals surface area contributed by atoms with Gasteiger partial charge < -0.3 is 10.6 Å². The van der Waals surface area contributed by atoms with E-state index in [4.69, 9.17) is 0 Å². The van der Waals surface area contributed by atoms with Gasteiger partial charge in [0.2, 0.25) is 0 Å². The summed E-state index contributed by atoms with van der Waals surface area (Å²) >= 11 is 4.26. The fourth-order valence-corrected chi connectivity index (χ4v) is 1.43. The standard InChI is InChI=1S/C11H26N2S/c1-10(2)12-8-6-4-5-7-9-13-11(3)14/h10-14H,4-9H2,1-3H3. The molecule has 0 saturated heterocycles. The average molecular weight is 218 g/mol. The molecule has 0 aliphatic rings. The lowest BCUT2D eigenvalue weighted by Crippen LogP contribution is -2.23. The molecule has 0 saturated carbocycles. The van der Waals surface area contributed by atoms with E-state index < -0.39 is 0 Å². The number of nitrogens with one attached hydrogen (secondary N) is 2. The second-order valence-corrected chi connectivity index (χ2v) is 4.93. The summed E-state index contributed by atoms with van der Waals surface area (Å²) in [6.07, 6.45) is 5.23. The maximum atomic E-state index is 4.26. The first-order valence-electron chi connectivity index (χ1n) is 5.77. The fraction of sp³-hybridized carbons (Fsp3) is 1.00. The molecule has 14 heavy (non-hydrogen) atoms. The summed E-state index contributed by atoms with van der Waals surface area (Å²) in [5.41, 5.74) is 0. The Morgan fingerprint density at radius 1 is 0.857 bits per heavy atom. The van der Waals surface area contributed by atoms with E-state index in [0.29, 0.717) is 11.4 Å². The molecule has 0 aliphatic carbocycles. The zero-order chi connectivity index (χ0) is 10.8. The zero-order valence-corrected chi connectivity index (χ0v) is 10.7. The van der Waals surface area contributed by atoms with E-state index in [1.165, 1.54) is 25.7 Å². The summed E-state index contributed by atoms with van der Waals surface area (Å²) in [5.74, 6) is 0. The maximum Gasteiger partial charge on any atom is 0.0473 e. The van der Waals surface area contributed by atoms with Crippen molar-refractivity contribution in [2.24, 2.45) is 0 Å². The number of hydrogen-bond acceptors (Lipinski definition) is 3. The summed E-state index contributed by atoms with van der Waals surface area (Å²) in [7, 11) is 0. The van der Waals surface area contributed by atoms with Gasteiger partial charge >= 0.3 is 0 Å². The van der Waals surface area contributed by atoms with E-state index in [9.17, 15) is 0 Å².